The molecule has 1 saturated heterocycles. The quantitative estimate of drug-likeness (QED) is 0.886. The number of piperidine rings is 1. The van der Waals surface area contributed by atoms with Crippen molar-refractivity contribution < 1.29 is 9.53 Å². The van der Waals surface area contributed by atoms with Gasteiger partial charge in [-0.25, -0.2) is 4.79 Å². The van der Waals surface area contributed by atoms with E-state index in [2.05, 4.69) is 22.6 Å². The van der Waals surface area contributed by atoms with Gasteiger partial charge in [0.1, 0.15) is 5.60 Å². The number of carbonyl (C=O) groups excluding carboxylic acids is 1. The van der Waals surface area contributed by atoms with Crippen molar-refractivity contribution in [1.29, 1.82) is 0 Å². The topological polar surface area (TPSA) is 53.6 Å². The van der Waals surface area contributed by atoms with Gasteiger partial charge in [-0.15, -0.1) is 0 Å². The Morgan fingerprint density at radius 3 is 2.65 bits per heavy atom. The molecule has 1 aliphatic heterocycles. The predicted molar refractivity (Wildman–Crippen MR) is 95.0 cm³/mol. The monoisotopic (exact) mass is 319 g/mol. The standard InChI is InChI=1S/C18H29N3O2/c1-18(2,3)23-17(22)20-16-10-6-5-9-15(16)19-12-14-8-7-11-21(4)13-14/h5-6,9-10,14,19H,7-8,11-13H2,1-4H3,(H,20,22). The SMILES string of the molecule is CN1CCCC(CNc2ccccc2NC(=O)OC(C)(C)C)C1. The highest BCUT2D eigenvalue weighted by Gasteiger charge is 2.19. The molecule has 0 spiro atoms. The van der Waals surface area contributed by atoms with Crippen LogP contribution in [0.4, 0.5) is 16.2 Å². The van der Waals surface area contributed by atoms with Gasteiger partial charge in [0.2, 0.25) is 0 Å². The molecule has 1 aromatic carbocycles. The van der Waals surface area contributed by atoms with Crippen LogP contribution in [-0.4, -0.2) is 43.3 Å². The first-order chi connectivity index (χ1) is 10.8. The molecule has 2 N–H and O–H groups in total. The van der Waals surface area contributed by atoms with Gasteiger partial charge in [-0.1, -0.05) is 12.1 Å². The van der Waals surface area contributed by atoms with Crippen molar-refractivity contribution in [1.82, 2.24) is 4.90 Å². The molecule has 1 aromatic rings. The zero-order valence-electron chi connectivity index (χ0n) is 14.7. The molecule has 0 aromatic heterocycles. The fraction of sp³-hybridized carbons (Fsp3) is 0.611. The third-order valence-corrected chi connectivity index (χ3v) is 3.87. The third-order valence-electron chi connectivity index (χ3n) is 3.87. The van der Waals surface area contributed by atoms with Crippen molar-refractivity contribution >= 4 is 17.5 Å². The zero-order valence-corrected chi connectivity index (χ0v) is 14.7. The van der Waals surface area contributed by atoms with E-state index >= 15 is 0 Å². The van der Waals surface area contributed by atoms with Gasteiger partial charge in [0.15, 0.2) is 0 Å². The fourth-order valence-electron chi connectivity index (χ4n) is 2.85. The average molecular weight is 319 g/mol. The van der Waals surface area contributed by atoms with E-state index in [-0.39, 0.29) is 0 Å². The highest BCUT2D eigenvalue weighted by Crippen LogP contribution is 2.23. The van der Waals surface area contributed by atoms with Crippen molar-refractivity contribution in [2.75, 3.05) is 37.3 Å². The van der Waals surface area contributed by atoms with E-state index < -0.39 is 11.7 Å². The van der Waals surface area contributed by atoms with Gasteiger partial charge in [0, 0.05) is 13.1 Å². The second kappa shape index (κ2) is 7.68. The predicted octanol–water partition coefficient (Wildman–Crippen LogP) is 3.79. The molecule has 0 bridgehead atoms. The summed E-state index contributed by atoms with van der Waals surface area (Å²) in [6.45, 7) is 8.79. The van der Waals surface area contributed by atoms with Gasteiger partial charge in [0.25, 0.3) is 0 Å². The third kappa shape index (κ3) is 6.10. The molecule has 2 rings (SSSR count). The Morgan fingerprint density at radius 2 is 2.00 bits per heavy atom. The van der Waals surface area contributed by atoms with Crippen LogP contribution in [0.25, 0.3) is 0 Å². The minimum absolute atomic E-state index is 0.427. The first-order valence-corrected chi connectivity index (χ1v) is 8.35. The van der Waals surface area contributed by atoms with Gasteiger partial charge in [0.05, 0.1) is 11.4 Å². The van der Waals surface area contributed by atoms with Crippen LogP contribution in [0.1, 0.15) is 33.6 Å². The highest BCUT2D eigenvalue weighted by molar-refractivity contribution is 5.89. The van der Waals surface area contributed by atoms with E-state index in [1.807, 2.05) is 45.0 Å². The maximum absolute atomic E-state index is 12.0. The number of rotatable bonds is 4. The van der Waals surface area contributed by atoms with E-state index in [1.54, 1.807) is 0 Å². The largest absolute Gasteiger partial charge is 0.444 e. The van der Waals surface area contributed by atoms with Crippen LogP contribution < -0.4 is 10.6 Å². The Balaban J connectivity index is 1.93. The van der Waals surface area contributed by atoms with Crippen LogP contribution in [-0.2, 0) is 4.74 Å². The number of nitrogens with zero attached hydrogens (tertiary/aromatic N) is 1. The number of ether oxygens (including phenoxy) is 1. The number of benzene rings is 1. The minimum atomic E-state index is -0.501. The molecule has 0 aliphatic carbocycles. The van der Waals surface area contributed by atoms with Gasteiger partial charge < -0.3 is 15.0 Å². The van der Waals surface area contributed by atoms with E-state index in [0.717, 1.165) is 24.5 Å². The van der Waals surface area contributed by atoms with Crippen molar-refractivity contribution in [2.45, 2.75) is 39.2 Å². The molecule has 5 nitrogen and oxygen atoms in total. The second-order valence-electron chi connectivity index (χ2n) is 7.32. The maximum atomic E-state index is 12.0. The van der Waals surface area contributed by atoms with E-state index in [9.17, 15) is 4.79 Å². The van der Waals surface area contributed by atoms with Crippen LogP contribution in [0.15, 0.2) is 24.3 Å². The number of nitrogens with one attached hydrogen (secondary N) is 2. The number of para-hydroxylation sites is 2. The summed E-state index contributed by atoms with van der Waals surface area (Å²) in [5.74, 6) is 0.642. The van der Waals surface area contributed by atoms with Crippen LogP contribution in [0.3, 0.4) is 0 Å². The Kier molecular flexibility index (Phi) is 5.88. The van der Waals surface area contributed by atoms with E-state index in [1.165, 1.54) is 19.4 Å². The molecule has 1 aliphatic rings. The molecule has 1 unspecified atom stereocenters. The fourth-order valence-corrected chi connectivity index (χ4v) is 2.85. The molecule has 0 radical (unpaired) electrons. The molecular formula is C18H29N3O2. The Morgan fingerprint density at radius 1 is 1.30 bits per heavy atom. The average Bonchev–Trinajstić information content (AvgIpc) is 2.44. The Labute approximate surface area is 139 Å². The lowest BCUT2D eigenvalue weighted by Crippen LogP contribution is -2.35. The summed E-state index contributed by atoms with van der Waals surface area (Å²) in [6, 6.07) is 7.75. The summed E-state index contributed by atoms with van der Waals surface area (Å²) in [5, 5.41) is 6.30. The van der Waals surface area contributed by atoms with Crippen LogP contribution in [0.5, 0.6) is 0 Å². The first kappa shape index (κ1) is 17.6. The smallest absolute Gasteiger partial charge is 0.412 e. The summed E-state index contributed by atoms with van der Waals surface area (Å²) in [5.41, 5.74) is 1.19. The van der Waals surface area contributed by atoms with Gasteiger partial charge in [-0.2, -0.15) is 0 Å². The lowest BCUT2D eigenvalue weighted by molar-refractivity contribution is 0.0636. The van der Waals surface area contributed by atoms with Crippen molar-refractivity contribution in [3.63, 3.8) is 0 Å². The van der Waals surface area contributed by atoms with Gasteiger partial charge in [-0.05, 0) is 65.3 Å². The molecular weight excluding hydrogens is 290 g/mol. The summed E-state index contributed by atoms with van der Waals surface area (Å²) < 4.78 is 5.32. The molecule has 128 valence electrons. The maximum Gasteiger partial charge on any atom is 0.412 e. The number of hydrogen-bond acceptors (Lipinski definition) is 4. The van der Waals surface area contributed by atoms with Crippen LogP contribution >= 0.6 is 0 Å². The van der Waals surface area contributed by atoms with Gasteiger partial charge in [-0.3, -0.25) is 5.32 Å². The molecule has 1 fully saturated rings. The zero-order chi connectivity index (χ0) is 16.9. The Hall–Kier alpha value is -1.75. The number of amides is 1. The first-order valence-electron chi connectivity index (χ1n) is 8.35. The number of hydrogen-bond donors (Lipinski definition) is 2. The molecule has 1 amide bonds. The summed E-state index contributed by atoms with van der Waals surface area (Å²) >= 11 is 0. The van der Waals surface area contributed by atoms with Crippen molar-refractivity contribution in [2.24, 2.45) is 5.92 Å². The number of carbonyl (C=O) groups is 1. The minimum Gasteiger partial charge on any atom is -0.444 e. The number of likely N-dealkylation sites (tertiary alicyclic amines) is 1. The van der Waals surface area contributed by atoms with Crippen molar-refractivity contribution in [3.05, 3.63) is 24.3 Å². The molecule has 1 heterocycles. The molecule has 23 heavy (non-hydrogen) atoms. The summed E-state index contributed by atoms with van der Waals surface area (Å²) in [7, 11) is 2.17. The van der Waals surface area contributed by atoms with Crippen LogP contribution in [0.2, 0.25) is 0 Å². The lowest BCUT2D eigenvalue weighted by atomic mass is 9.98. The van der Waals surface area contributed by atoms with Crippen LogP contribution in [0, 0.1) is 5.92 Å². The van der Waals surface area contributed by atoms with Gasteiger partial charge >= 0.3 is 6.09 Å². The normalized spacial score (nSPS) is 19.2. The number of anilines is 2. The Bertz CT molecular complexity index is 525. The molecule has 0 saturated carbocycles. The summed E-state index contributed by atoms with van der Waals surface area (Å²) in [4.78, 5) is 14.3. The second-order valence-corrected chi connectivity index (χ2v) is 7.32. The highest BCUT2D eigenvalue weighted by atomic mass is 16.6. The van der Waals surface area contributed by atoms with E-state index in [0.29, 0.717) is 5.92 Å². The molecule has 5 heteroatoms. The summed E-state index contributed by atoms with van der Waals surface area (Å²) in [6.07, 6.45) is 2.07. The molecule has 1 atom stereocenters. The lowest BCUT2D eigenvalue weighted by Gasteiger charge is -2.30. The van der Waals surface area contributed by atoms with Crippen molar-refractivity contribution in [3.8, 4) is 0 Å². The van der Waals surface area contributed by atoms with E-state index in [4.69, 9.17) is 4.74 Å².